The molecule has 5 nitrogen and oxygen atoms in total. The van der Waals surface area contributed by atoms with E-state index in [4.69, 9.17) is 4.74 Å². The van der Waals surface area contributed by atoms with E-state index >= 15 is 0 Å². The van der Waals surface area contributed by atoms with Crippen LogP contribution in [0.4, 0.5) is 0 Å². The fourth-order valence-electron chi connectivity index (χ4n) is 6.49. The minimum absolute atomic E-state index is 0.00271. The third-order valence-electron chi connectivity index (χ3n) is 7.31. The van der Waals surface area contributed by atoms with Crippen molar-refractivity contribution in [1.82, 2.24) is 4.90 Å². The second kappa shape index (κ2) is 5.38. The normalized spacial score (nSPS) is 47.6. The molecular formula is C19H27NO4. The fraction of sp³-hybridized carbons (Fsp3) is 0.842. The molecule has 0 radical (unpaired) electrons. The molecule has 2 saturated heterocycles. The van der Waals surface area contributed by atoms with E-state index < -0.39 is 10.8 Å². The van der Waals surface area contributed by atoms with Crippen LogP contribution < -0.4 is 0 Å². The summed E-state index contributed by atoms with van der Waals surface area (Å²) in [6, 6.07) is 0. The molecule has 0 aromatic carbocycles. The number of carbonyl (C=O) groups is 3. The Bertz CT molecular complexity index is 602. The second-order valence-corrected chi connectivity index (χ2v) is 8.45. The molecule has 24 heavy (non-hydrogen) atoms. The third-order valence-corrected chi connectivity index (χ3v) is 7.31. The van der Waals surface area contributed by atoms with Crippen LogP contribution in [0, 0.1) is 22.7 Å². The summed E-state index contributed by atoms with van der Waals surface area (Å²) in [4.78, 5) is 40.6. The molecule has 5 heteroatoms. The van der Waals surface area contributed by atoms with E-state index in [0.717, 1.165) is 45.3 Å². The maximum Gasteiger partial charge on any atom is 0.302 e. The van der Waals surface area contributed by atoms with Crippen molar-refractivity contribution in [1.29, 1.82) is 0 Å². The number of ether oxygens (including phenoxy) is 1. The lowest BCUT2D eigenvalue weighted by Crippen LogP contribution is -2.60. The number of hydrogen-bond acceptors (Lipinski definition) is 5. The Hall–Kier alpha value is -1.23. The first-order valence-electron chi connectivity index (χ1n) is 9.37. The van der Waals surface area contributed by atoms with Crippen LogP contribution in [0.25, 0.3) is 0 Å². The lowest BCUT2D eigenvalue weighted by Gasteiger charge is -2.53. The van der Waals surface area contributed by atoms with E-state index in [1.54, 1.807) is 0 Å². The van der Waals surface area contributed by atoms with Crippen LogP contribution >= 0.6 is 0 Å². The van der Waals surface area contributed by atoms with Crippen molar-refractivity contribution in [3.63, 3.8) is 0 Å². The number of carbonyl (C=O) groups excluding carboxylic acids is 3. The highest BCUT2D eigenvalue weighted by Gasteiger charge is 2.72. The van der Waals surface area contributed by atoms with Gasteiger partial charge in [0, 0.05) is 43.6 Å². The molecule has 4 rings (SSSR count). The summed E-state index contributed by atoms with van der Waals surface area (Å²) in [5.74, 6) is 0.0893. The summed E-state index contributed by atoms with van der Waals surface area (Å²) in [6.07, 6.45) is 4.09. The molecule has 2 aliphatic heterocycles. The lowest BCUT2D eigenvalue weighted by molar-refractivity contribution is -0.175. The van der Waals surface area contributed by atoms with Gasteiger partial charge in [0.25, 0.3) is 0 Å². The number of ketones is 2. The quantitative estimate of drug-likeness (QED) is 0.687. The van der Waals surface area contributed by atoms with Gasteiger partial charge in [-0.2, -0.15) is 0 Å². The zero-order chi connectivity index (χ0) is 17.1. The van der Waals surface area contributed by atoms with Crippen molar-refractivity contribution in [2.75, 3.05) is 19.6 Å². The first kappa shape index (κ1) is 16.2. The number of fused-ring (bicyclic) bond motifs is 1. The van der Waals surface area contributed by atoms with Crippen molar-refractivity contribution in [3.05, 3.63) is 0 Å². The Morgan fingerprint density at radius 3 is 2.54 bits per heavy atom. The number of piperidine rings is 1. The Balaban J connectivity index is 1.83. The first-order chi connectivity index (χ1) is 11.4. The van der Waals surface area contributed by atoms with Crippen LogP contribution in [-0.2, 0) is 19.1 Å². The van der Waals surface area contributed by atoms with Crippen LogP contribution in [0.1, 0.15) is 52.4 Å². The van der Waals surface area contributed by atoms with Crippen LogP contribution in [0.15, 0.2) is 0 Å². The van der Waals surface area contributed by atoms with Gasteiger partial charge in [-0.1, -0.05) is 6.92 Å². The molecule has 1 unspecified atom stereocenters. The molecule has 2 spiro atoms. The average molecular weight is 333 g/mol. The second-order valence-electron chi connectivity index (χ2n) is 8.45. The predicted molar refractivity (Wildman–Crippen MR) is 87.2 cm³/mol. The van der Waals surface area contributed by atoms with Gasteiger partial charge < -0.3 is 9.64 Å². The van der Waals surface area contributed by atoms with Gasteiger partial charge in [-0.15, -0.1) is 0 Å². The Morgan fingerprint density at radius 1 is 1.12 bits per heavy atom. The van der Waals surface area contributed by atoms with Gasteiger partial charge in [-0.05, 0) is 38.8 Å². The van der Waals surface area contributed by atoms with Gasteiger partial charge in [0.15, 0.2) is 0 Å². The highest BCUT2D eigenvalue weighted by atomic mass is 16.5. The molecule has 132 valence electrons. The van der Waals surface area contributed by atoms with Crippen molar-refractivity contribution in [2.45, 2.75) is 58.5 Å². The number of rotatable bonds is 1. The largest absolute Gasteiger partial charge is 0.462 e. The minimum Gasteiger partial charge on any atom is -0.462 e. The van der Waals surface area contributed by atoms with E-state index in [2.05, 4.69) is 4.90 Å². The molecule has 0 aromatic rings. The Kier molecular flexibility index (Phi) is 3.64. The number of hydrogen-bond donors (Lipinski definition) is 0. The van der Waals surface area contributed by atoms with Crippen molar-refractivity contribution < 1.29 is 19.1 Å². The molecule has 2 bridgehead atoms. The molecule has 4 fully saturated rings. The van der Waals surface area contributed by atoms with Gasteiger partial charge in [-0.25, -0.2) is 0 Å². The van der Waals surface area contributed by atoms with Gasteiger partial charge in [-0.3, -0.25) is 14.4 Å². The summed E-state index contributed by atoms with van der Waals surface area (Å²) >= 11 is 0. The van der Waals surface area contributed by atoms with E-state index in [0.29, 0.717) is 12.8 Å². The number of Topliss-reactive ketones (excluding diaryl/α,β-unsaturated/α-hetero) is 2. The van der Waals surface area contributed by atoms with Crippen LogP contribution in [-0.4, -0.2) is 48.2 Å². The summed E-state index contributed by atoms with van der Waals surface area (Å²) in [5, 5.41) is 0. The summed E-state index contributed by atoms with van der Waals surface area (Å²) in [6.45, 7) is 6.16. The molecule has 2 saturated carbocycles. The van der Waals surface area contributed by atoms with Gasteiger partial charge in [0.2, 0.25) is 0 Å². The van der Waals surface area contributed by atoms with Crippen molar-refractivity contribution >= 4 is 17.5 Å². The van der Waals surface area contributed by atoms with E-state index in [-0.39, 0.29) is 35.5 Å². The first-order valence-corrected chi connectivity index (χ1v) is 9.37. The standard InChI is InChI=1S/C19H27NO4/c1-12-9-16(23)19-6-4-8-20-7-3-5-18(19,11-20)15(22)10-14(19)17(12)24-13(2)21/h12,14,17H,3-11H2,1-2H3/t12-,14+,17-,18-,19+/m0/s1. The monoisotopic (exact) mass is 333 g/mol. The molecule has 2 aliphatic carbocycles. The summed E-state index contributed by atoms with van der Waals surface area (Å²) < 4.78 is 5.68. The van der Waals surface area contributed by atoms with E-state index in [1.807, 2.05) is 6.92 Å². The summed E-state index contributed by atoms with van der Waals surface area (Å²) in [7, 11) is 0. The molecule has 6 atom stereocenters. The van der Waals surface area contributed by atoms with E-state index in [9.17, 15) is 14.4 Å². The summed E-state index contributed by atoms with van der Waals surface area (Å²) in [5.41, 5.74) is -1.12. The highest BCUT2D eigenvalue weighted by molar-refractivity contribution is 6.00. The third kappa shape index (κ3) is 1.94. The molecule has 0 aromatic heterocycles. The fourth-order valence-corrected chi connectivity index (χ4v) is 6.49. The van der Waals surface area contributed by atoms with Crippen molar-refractivity contribution in [2.24, 2.45) is 22.7 Å². The Morgan fingerprint density at radius 2 is 1.83 bits per heavy atom. The predicted octanol–water partition coefficient (Wildman–Crippen LogP) is 1.98. The average Bonchev–Trinajstić information content (AvgIpc) is 2.68. The van der Waals surface area contributed by atoms with Gasteiger partial charge >= 0.3 is 5.97 Å². The molecular weight excluding hydrogens is 306 g/mol. The Labute approximate surface area is 143 Å². The zero-order valence-corrected chi connectivity index (χ0v) is 14.7. The molecule has 2 heterocycles. The number of nitrogens with zero attached hydrogens (tertiary/aromatic N) is 1. The molecule has 0 N–H and O–H groups in total. The molecule has 4 aliphatic rings. The molecule has 0 amide bonds. The number of esters is 1. The van der Waals surface area contributed by atoms with Crippen LogP contribution in [0.5, 0.6) is 0 Å². The smallest absolute Gasteiger partial charge is 0.302 e. The van der Waals surface area contributed by atoms with Gasteiger partial charge in [0.05, 0.1) is 5.41 Å². The van der Waals surface area contributed by atoms with Crippen molar-refractivity contribution in [3.8, 4) is 0 Å². The topological polar surface area (TPSA) is 63.7 Å². The van der Waals surface area contributed by atoms with Gasteiger partial charge in [0.1, 0.15) is 17.7 Å². The zero-order valence-electron chi connectivity index (χ0n) is 14.7. The highest BCUT2D eigenvalue weighted by Crippen LogP contribution is 2.66. The lowest BCUT2D eigenvalue weighted by atomic mass is 9.51. The SMILES string of the molecule is CC(=O)O[C@@H]1[C@H]2CC(=O)[C@@]34CCCN(CCC[C@]23C(=O)C[C@@H]1C)C4. The van der Waals surface area contributed by atoms with Crippen LogP contribution in [0.2, 0.25) is 0 Å². The van der Waals surface area contributed by atoms with E-state index in [1.165, 1.54) is 6.92 Å². The minimum atomic E-state index is -0.591. The maximum atomic E-state index is 13.4. The van der Waals surface area contributed by atoms with Crippen LogP contribution in [0.3, 0.4) is 0 Å². The maximum absolute atomic E-state index is 13.4.